The molecule has 0 bridgehead atoms. The molecule has 1 N–H and O–H groups in total. The molecule has 2 rings (SSSR count). The second-order valence-corrected chi connectivity index (χ2v) is 4.14. The predicted molar refractivity (Wildman–Crippen MR) is 49.7 cm³/mol. The first-order chi connectivity index (χ1) is 6.24. The minimum absolute atomic E-state index is 0.157. The monoisotopic (exact) mass is 246 g/mol. The average molecular weight is 247 g/mol. The molecule has 3 nitrogen and oxygen atoms in total. The Morgan fingerprint density at radius 3 is 3.15 bits per heavy atom. The Morgan fingerprint density at radius 2 is 2.46 bits per heavy atom. The molecule has 5 heteroatoms. The van der Waals surface area contributed by atoms with Crippen molar-refractivity contribution < 1.29 is 4.39 Å². The van der Waals surface area contributed by atoms with E-state index in [0.29, 0.717) is 0 Å². The fraction of sp³-hybridized carbons (Fsp3) is 0.500. The van der Waals surface area contributed by atoms with Gasteiger partial charge in [0.05, 0.1) is 16.1 Å². The van der Waals surface area contributed by atoms with Gasteiger partial charge in [0.15, 0.2) is 0 Å². The highest BCUT2D eigenvalue weighted by Crippen LogP contribution is 2.36. The highest BCUT2D eigenvalue weighted by atomic mass is 79.9. The van der Waals surface area contributed by atoms with Gasteiger partial charge in [-0.25, -0.2) is 9.49 Å². The van der Waals surface area contributed by atoms with E-state index in [2.05, 4.69) is 26.1 Å². The average Bonchev–Trinajstić information content (AvgIpc) is 2.48. The van der Waals surface area contributed by atoms with Crippen LogP contribution in [0.2, 0.25) is 0 Å². The van der Waals surface area contributed by atoms with Gasteiger partial charge in [-0.1, -0.05) is 15.9 Å². The largest absolute Gasteiger partial charge is 0.270 e. The summed E-state index contributed by atoms with van der Waals surface area (Å²) < 4.78 is 12.5. The van der Waals surface area contributed by atoms with Crippen LogP contribution in [0, 0.1) is 0 Å². The maximum Gasteiger partial charge on any atom is 0.270 e. The quantitative estimate of drug-likeness (QED) is 0.766. The van der Waals surface area contributed by atoms with Crippen LogP contribution in [0.4, 0.5) is 4.39 Å². The van der Waals surface area contributed by atoms with Crippen LogP contribution in [0.15, 0.2) is 4.79 Å². The number of rotatable bonds is 1. The molecule has 70 valence electrons. The summed E-state index contributed by atoms with van der Waals surface area (Å²) in [6, 6.07) is 0. The maximum absolute atomic E-state index is 12.5. The smallest absolute Gasteiger partial charge is 0.268 e. The minimum atomic E-state index is -0.708. The van der Waals surface area contributed by atoms with E-state index in [0.717, 1.165) is 24.1 Å². The van der Waals surface area contributed by atoms with Crippen LogP contribution in [0.5, 0.6) is 0 Å². The number of fused-ring (bicyclic) bond motifs is 1. The van der Waals surface area contributed by atoms with Crippen LogP contribution >= 0.6 is 15.9 Å². The molecule has 1 aliphatic carbocycles. The molecule has 0 radical (unpaired) electrons. The lowest BCUT2D eigenvalue weighted by atomic mass is 10.1. The third-order valence-electron chi connectivity index (χ3n) is 2.30. The van der Waals surface area contributed by atoms with Crippen LogP contribution in [0.3, 0.4) is 0 Å². The van der Waals surface area contributed by atoms with Gasteiger partial charge in [0, 0.05) is 0 Å². The van der Waals surface area contributed by atoms with Crippen molar-refractivity contribution in [2.75, 3.05) is 0 Å². The summed E-state index contributed by atoms with van der Waals surface area (Å²) in [5, 5.41) is 6.20. The Labute approximate surface area is 82.5 Å². The van der Waals surface area contributed by atoms with E-state index in [-0.39, 0.29) is 10.4 Å². The molecule has 0 saturated carbocycles. The van der Waals surface area contributed by atoms with Crippen LogP contribution in [0.1, 0.15) is 28.1 Å². The normalized spacial score (nSPS) is 20.3. The maximum atomic E-state index is 12.5. The summed E-state index contributed by atoms with van der Waals surface area (Å²) in [6.07, 6.45) is 1.62. The zero-order valence-electron chi connectivity index (χ0n) is 6.81. The Kier molecular flexibility index (Phi) is 2.19. The molecule has 1 aliphatic rings. The van der Waals surface area contributed by atoms with Crippen LogP contribution in [-0.4, -0.2) is 10.2 Å². The highest BCUT2D eigenvalue weighted by Gasteiger charge is 2.25. The fourth-order valence-electron chi connectivity index (χ4n) is 1.62. The molecule has 0 saturated heterocycles. The third-order valence-corrected chi connectivity index (χ3v) is 3.20. The topological polar surface area (TPSA) is 45.8 Å². The number of aromatic nitrogens is 2. The molecule has 1 heterocycles. The standard InChI is InChI=1S/C8H8BrFN2O/c9-6-2-1-4-5(3-10)8(13)12-11-7(4)6/h6H,1-3H2,(H,12,13). The second kappa shape index (κ2) is 3.21. The van der Waals surface area contributed by atoms with E-state index in [4.69, 9.17) is 0 Å². The van der Waals surface area contributed by atoms with Crippen LogP contribution < -0.4 is 5.56 Å². The van der Waals surface area contributed by atoms with E-state index in [9.17, 15) is 9.18 Å². The van der Waals surface area contributed by atoms with Gasteiger partial charge >= 0.3 is 0 Å². The molecule has 1 aromatic rings. The van der Waals surface area contributed by atoms with Gasteiger partial charge in [0.2, 0.25) is 0 Å². The summed E-state index contributed by atoms with van der Waals surface area (Å²) >= 11 is 3.42. The third kappa shape index (κ3) is 1.31. The summed E-state index contributed by atoms with van der Waals surface area (Å²) in [5.74, 6) is 0. The Bertz CT molecular complexity index is 390. The van der Waals surface area contributed by atoms with E-state index in [1.165, 1.54) is 0 Å². The lowest BCUT2D eigenvalue weighted by Gasteiger charge is -2.02. The van der Waals surface area contributed by atoms with Gasteiger partial charge in [-0.2, -0.15) is 5.10 Å². The van der Waals surface area contributed by atoms with Crippen LogP contribution in [-0.2, 0) is 13.1 Å². The molecule has 1 unspecified atom stereocenters. The number of H-pyrrole nitrogens is 1. The molecule has 0 aromatic carbocycles. The summed E-state index contributed by atoms with van der Waals surface area (Å²) in [4.78, 5) is 11.3. The molecule has 0 spiro atoms. The highest BCUT2D eigenvalue weighted by molar-refractivity contribution is 9.09. The molecular formula is C8H8BrFN2O. The van der Waals surface area contributed by atoms with Crippen molar-refractivity contribution in [1.29, 1.82) is 0 Å². The molecule has 0 amide bonds. The van der Waals surface area contributed by atoms with Crippen molar-refractivity contribution >= 4 is 15.9 Å². The minimum Gasteiger partial charge on any atom is -0.268 e. The fourth-order valence-corrected chi connectivity index (χ4v) is 2.23. The van der Waals surface area contributed by atoms with Crippen molar-refractivity contribution in [3.63, 3.8) is 0 Å². The summed E-state index contributed by atoms with van der Waals surface area (Å²) in [6.45, 7) is -0.708. The van der Waals surface area contributed by atoms with Crippen molar-refractivity contribution in [3.05, 3.63) is 27.2 Å². The number of aromatic amines is 1. The Hall–Kier alpha value is -0.710. The van der Waals surface area contributed by atoms with Crippen molar-refractivity contribution in [2.24, 2.45) is 0 Å². The van der Waals surface area contributed by atoms with Gasteiger partial charge in [-0.3, -0.25) is 4.79 Å². The van der Waals surface area contributed by atoms with Crippen molar-refractivity contribution in [3.8, 4) is 0 Å². The Morgan fingerprint density at radius 1 is 1.69 bits per heavy atom. The van der Waals surface area contributed by atoms with Gasteiger partial charge in [-0.15, -0.1) is 0 Å². The lowest BCUT2D eigenvalue weighted by Crippen LogP contribution is -2.17. The van der Waals surface area contributed by atoms with E-state index in [1.54, 1.807) is 0 Å². The number of halogens is 2. The second-order valence-electron chi connectivity index (χ2n) is 3.03. The molecule has 1 atom stereocenters. The van der Waals surface area contributed by atoms with Gasteiger partial charge in [0.1, 0.15) is 6.67 Å². The molecular weight excluding hydrogens is 239 g/mol. The molecule has 1 aromatic heterocycles. The first-order valence-corrected chi connectivity index (χ1v) is 4.96. The van der Waals surface area contributed by atoms with Crippen LogP contribution in [0.25, 0.3) is 0 Å². The number of hydrogen-bond donors (Lipinski definition) is 1. The Balaban J connectivity index is 2.64. The van der Waals surface area contributed by atoms with Crippen molar-refractivity contribution in [1.82, 2.24) is 10.2 Å². The lowest BCUT2D eigenvalue weighted by molar-refractivity contribution is 0.477. The van der Waals surface area contributed by atoms with E-state index >= 15 is 0 Å². The zero-order valence-corrected chi connectivity index (χ0v) is 8.40. The number of nitrogens with one attached hydrogen (secondary N) is 1. The van der Waals surface area contributed by atoms with E-state index in [1.807, 2.05) is 0 Å². The first-order valence-electron chi connectivity index (χ1n) is 4.04. The van der Waals surface area contributed by atoms with Crippen molar-refractivity contribution in [2.45, 2.75) is 24.3 Å². The molecule has 13 heavy (non-hydrogen) atoms. The summed E-state index contributed by atoms with van der Waals surface area (Å²) in [5.41, 5.74) is 1.41. The summed E-state index contributed by atoms with van der Waals surface area (Å²) in [7, 11) is 0. The van der Waals surface area contributed by atoms with Gasteiger partial charge in [0.25, 0.3) is 5.56 Å². The van der Waals surface area contributed by atoms with Gasteiger partial charge < -0.3 is 0 Å². The SMILES string of the molecule is O=c1[nH]nc2c(c1CF)CCC2Br. The molecule has 0 fully saturated rings. The van der Waals surface area contributed by atoms with Gasteiger partial charge in [-0.05, 0) is 18.4 Å². The number of hydrogen-bond acceptors (Lipinski definition) is 2. The first kappa shape index (κ1) is 8.87. The van der Waals surface area contributed by atoms with E-state index < -0.39 is 12.2 Å². The molecule has 0 aliphatic heterocycles. The number of nitrogens with zero attached hydrogens (tertiary/aromatic N) is 1. The zero-order chi connectivity index (χ0) is 9.42. The number of alkyl halides is 2. The predicted octanol–water partition coefficient (Wildman–Crippen LogP) is 1.62.